The largest absolute Gasteiger partial charge is 0.492 e. The third-order valence-electron chi connectivity index (χ3n) is 3.99. The highest BCUT2D eigenvalue weighted by atomic mass is 19.2. The molecule has 4 aromatic rings. The number of nitrogens with one attached hydrogen (secondary N) is 2. The maximum Gasteiger partial charge on any atom is 0.263 e. The van der Waals surface area contributed by atoms with Gasteiger partial charge in [0.1, 0.15) is 17.7 Å². The molecule has 0 atom stereocenters. The molecule has 0 saturated heterocycles. The van der Waals surface area contributed by atoms with E-state index < -0.39 is 11.6 Å². The quantitative estimate of drug-likeness (QED) is 0.500. The third-order valence-corrected chi connectivity index (χ3v) is 3.99. The Balaban J connectivity index is 1.48. The van der Waals surface area contributed by atoms with E-state index >= 15 is 0 Å². The number of benzene rings is 2. The normalized spacial score (nSPS) is 10.9. The van der Waals surface area contributed by atoms with Crippen LogP contribution in [0.4, 0.5) is 14.7 Å². The Hall–Kier alpha value is -3.75. The summed E-state index contributed by atoms with van der Waals surface area (Å²) < 4.78 is 33.0. The first-order chi connectivity index (χ1) is 13.6. The fourth-order valence-electron chi connectivity index (χ4n) is 2.67. The molecular weight excluding hydrogens is 368 g/mol. The van der Waals surface area contributed by atoms with Crippen LogP contribution in [-0.2, 0) is 0 Å². The van der Waals surface area contributed by atoms with E-state index in [0.717, 1.165) is 17.8 Å². The van der Waals surface area contributed by atoms with E-state index in [1.54, 1.807) is 4.68 Å². The monoisotopic (exact) mass is 383 g/mol. The summed E-state index contributed by atoms with van der Waals surface area (Å²) in [6.07, 6.45) is 1.46. The summed E-state index contributed by atoms with van der Waals surface area (Å²) in [6, 6.07) is 12.6. The van der Waals surface area contributed by atoms with Crippen LogP contribution >= 0.6 is 0 Å². The molecule has 2 aromatic carbocycles. The molecule has 0 aliphatic heterocycles. The summed E-state index contributed by atoms with van der Waals surface area (Å²) >= 11 is 0. The van der Waals surface area contributed by atoms with Crippen LogP contribution in [0.15, 0.2) is 59.5 Å². The molecule has 0 aliphatic carbocycles. The highest BCUT2D eigenvalue weighted by molar-refractivity contribution is 5.76. The summed E-state index contributed by atoms with van der Waals surface area (Å²) in [5, 5.41) is 7.54. The Kier molecular flexibility index (Phi) is 4.71. The van der Waals surface area contributed by atoms with Crippen molar-refractivity contribution in [2.45, 2.75) is 0 Å². The number of H-pyrrole nitrogens is 1. The van der Waals surface area contributed by atoms with Crippen LogP contribution in [0.5, 0.6) is 5.75 Å². The van der Waals surface area contributed by atoms with Gasteiger partial charge in [-0.05, 0) is 24.3 Å². The maximum absolute atomic E-state index is 13.2. The highest BCUT2D eigenvalue weighted by Crippen LogP contribution is 2.16. The first kappa shape index (κ1) is 17.7. The van der Waals surface area contributed by atoms with Crippen LogP contribution in [0.25, 0.3) is 16.7 Å². The lowest BCUT2D eigenvalue weighted by atomic mass is 10.3. The van der Waals surface area contributed by atoms with Crippen molar-refractivity contribution < 1.29 is 13.5 Å². The zero-order chi connectivity index (χ0) is 19.5. The lowest BCUT2D eigenvalue weighted by Gasteiger charge is -2.09. The van der Waals surface area contributed by atoms with Crippen LogP contribution in [0.2, 0.25) is 0 Å². The molecule has 0 fully saturated rings. The van der Waals surface area contributed by atoms with E-state index in [0.29, 0.717) is 11.0 Å². The number of ether oxygens (including phenoxy) is 1. The number of nitrogens with zero attached hydrogens (tertiary/aromatic N) is 3. The van der Waals surface area contributed by atoms with Gasteiger partial charge in [0.05, 0.1) is 18.4 Å². The van der Waals surface area contributed by atoms with Crippen molar-refractivity contribution >= 4 is 17.0 Å². The predicted octanol–water partition coefficient (Wildman–Crippen LogP) is 2.88. The minimum atomic E-state index is -0.976. The average molecular weight is 383 g/mol. The van der Waals surface area contributed by atoms with Crippen molar-refractivity contribution in [3.8, 4) is 11.4 Å². The van der Waals surface area contributed by atoms with Gasteiger partial charge in [0.25, 0.3) is 5.56 Å². The Morgan fingerprint density at radius 3 is 2.71 bits per heavy atom. The Labute approximate surface area is 157 Å². The summed E-state index contributed by atoms with van der Waals surface area (Å²) in [5.74, 6) is -1.45. The van der Waals surface area contributed by atoms with Gasteiger partial charge in [-0.3, -0.25) is 9.78 Å². The van der Waals surface area contributed by atoms with Gasteiger partial charge in [-0.15, -0.1) is 0 Å². The second-order valence-corrected chi connectivity index (χ2v) is 5.89. The summed E-state index contributed by atoms with van der Waals surface area (Å²) in [4.78, 5) is 19.3. The molecule has 0 aliphatic rings. The van der Waals surface area contributed by atoms with Gasteiger partial charge in [-0.2, -0.15) is 10.1 Å². The van der Waals surface area contributed by atoms with Crippen molar-refractivity contribution in [1.29, 1.82) is 0 Å². The molecule has 0 unspecified atom stereocenters. The van der Waals surface area contributed by atoms with Gasteiger partial charge in [0, 0.05) is 6.07 Å². The minimum Gasteiger partial charge on any atom is -0.492 e. The molecule has 0 spiro atoms. The predicted molar refractivity (Wildman–Crippen MR) is 99.8 cm³/mol. The zero-order valence-corrected chi connectivity index (χ0v) is 14.5. The molecule has 2 N–H and O–H groups in total. The van der Waals surface area contributed by atoms with E-state index in [1.807, 2.05) is 30.3 Å². The average Bonchev–Trinajstić information content (AvgIpc) is 3.13. The Morgan fingerprint density at radius 2 is 1.93 bits per heavy atom. The minimum absolute atomic E-state index is 0.158. The fourth-order valence-corrected chi connectivity index (χ4v) is 2.67. The third kappa shape index (κ3) is 3.54. The van der Waals surface area contributed by atoms with E-state index in [1.165, 1.54) is 12.3 Å². The van der Waals surface area contributed by atoms with Crippen molar-refractivity contribution in [2.24, 2.45) is 0 Å². The second kappa shape index (κ2) is 7.47. The molecule has 0 saturated carbocycles. The van der Waals surface area contributed by atoms with Crippen LogP contribution in [0, 0.1) is 11.6 Å². The lowest BCUT2D eigenvalue weighted by molar-refractivity contribution is 0.329. The van der Waals surface area contributed by atoms with Crippen LogP contribution < -0.4 is 15.6 Å². The molecule has 0 radical (unpaired) electrons. The number of aromatic amines is 1. The summed E-state index contributed by atoms with van der Waals surface area (Å²) in [7, 11) is 0. The van der Waals surface area contributed by atoms with Gasteiger partial charge in [0.2, 0.25) is 5.95 Å². The topological polar surface area (TPSA) is 84.8 Å². The molecular formula is C19H15F2N5O2. The number of aromatic nitrogens is 4. The molecule has 0 bridgehead atoms. The Bertz CT molecular complexity index is 1170. The van der Waals surface area contributed by atoms with Crippen LogP contribution in [0.1, 0.15) is 0 Å². The van der Waals surface area contributed by atoms with Crippen LogP contribution in [-0.4, -0.2) is 32.9 Å². The molecule has 2 aromatic heterocycles. The highest BCUT2D eigenvalue weighted by Gasteiger charge is 2.11. The van der Waals surface area contributed by atoms with Gasteiger partial charge >= 0.3 is 0 Å². The Morgan fingerprint density at radius 1 is 1.11 bits per heavy atom. The van der Waals surface area contributed by atoms with E-state index in [-0.39, 0.29) is 30.4 Å². The number of hydrogen-bond acceptors (Lipinski definition) is 5. The summed E-state index contributed by atoms with van der Waals surface area (Å²) in [6.45, 7) is 0.442. The van der Waals surface area contributed by atoms with Crippen molar-refractivity contribution in [2.75, 3.05) is 18.5 Å². The van der Waals surface area contributed by atoms with E-state index in [4.69, 9.17) is 4.74 Å². The SMILES string of the molecule is O=c1[nH]c(NCCOc2ccc(F)c(F)c2)nc2c1cnn2-c1ccccc1. The molecule has 9 heteroatoms. The van der Waals surface area contributed by atoms with Crippen molar-refractivity contribution in [1.82, 2.24) is 19.7 Å². The molecule has 2 heterocycles. The lowest BCUT2D eigenvalue weighted by Crippen LogP contribution is -2.17. The maximum atomic E-state index is 13.2. The van der Waals surface area contributed by atoms with Gasteiger partial charge in [-0.25, -0.2) is 13.5 Å². The number of anilines is 1. The van der Waals surface area contributed by atoms with Crippen molar-refractivity contribution in [3.05, 3.63) is 76.7 Å². The van der Waals surface area contributed by atoms with Gasteiger partial charge in [0.15, 0.2) is 17.3 Å². The molecule has 0 amide bonds. The number of rotatable bonds is 6. The van der Waals surface area contributed by atoms with Crippen molar-refractivity contribution in [3.63, 3.8) is 0 Å². The van der Waals surface area contributed by atoms with Gasteiger partial charge < -0.3 is 10.1 Å². The van der Waals surface area contributed by atoms with Gasteiger partial charge in [-0.1, -0.05) is 18.2 Å². The smallest absolute Gasteiger partial charge is 0.263 e. The molecule has 142 valence electrons. The first-order valence-electron chi connectivity index (χ1n) is 8.47. The van der Waals surface area contributed by atoms with Crippen LogP contribution in [0.3, 0.4) is 0 Å². The number of fused-ring (bicyclic) bond motifs is 1. The molecule has 4 rings (SSSR count). The molecule has 7 nitrogen and oxygen atoms in total. The second-order valence-electron chi connectivity index (χ2n) is 5.89. The standard InChI is InChI=1S/C19H15F2N5O2/c20-15-7-6-13(10-16(15)21)28-9-8-22-19-24-17-14(18(27)25-19)11-23-26(17)12-4-2-1-3-5-12/h1-7,10-11H,8-9H2,(H2,22,24,25,27). The fraction of sp³-hybridized carbons (Fsp3) is 0.105. The molecule has 28 heavy (non-hydrogen) atoms. The summed E-state index contributed by atoms with van der Waals surface area (Å²) in [5.41, 5.74) is 0.874. The van der Waals surface area contributed by atoms with E-state index in [2.05, 4.69) is 20.4 Å². The van der Waals surface area contributed by atoms with E-state index in [9.17, 15) is 13.6 Å². The zero-order valence-electron chi connectivity index (χ0n) is 14.5. The number of halogens is 2. The first-order valence-corrected chi connectivity index (χ1v) is 8.47. The number of hydrogen-bond donors (Lipinski definition) is 2. The number of para-hydroxylation sites is 1.